The van der Waals surface area contributed by atoms with Crippen molar-refractivity contribution in [2.24, 2.45) is 28.6 Å². The number of fused-ring (bicyclic) bond motifs is 5. The van der Waals surface area contributed by atoms with E-state index in [1.54, 1.807) is 13.0 Å². The van der Waals surface area contributed by atoms with Crippen molar-refractivity contribution in [1.29, 1.82) is 0 Å². The number of hydrogen-bond acceptors (Lipinski definition) is 4. The average Bonchev–Trinajstić information content (AvgIpc) is 2.86. The topological polar surface area (TPSA) is 74.6 Å². The quantitative estimate of drug-likeness (QED) is 0.778. The van der Waals surface area contributed by atoms with Crippen molar-refractivity contribution < 1.29 is 24.2 Å². The third-order valence-electron chi connectivity index (χ3n) is 8.19. The van der Waals surface area contributed by atoms with E-state index in [4.69, 9.17) is 0 Å². The number of aliphatic hydroxyl groups is 2. The smallest absolute Gasteiger partial charge is 0.178 e. The first-order chi connectivity index (χ1) is 12.6. The predicted molar refractivity (Wildman–Crippen MR) is 98.2 cm³/mol. The summed E-state index contributed by atoms with van der Waals surface area (Å²) in [5.74, 6) is -0.219. The summed E-state index contributed by atoms with van der Waals surface area (Å²) in [6.07, 6.45) is 5.40. The molecule has 0 spiro atoms. The maximum Gasteiger partial charge on any atom is 0.178 e. The lowest BCUT2D eigenvalue weighted by Crippen LogP contribution is -2.66. The molecular formula is C22H28FO4. The Morgan fingerprint density at radius 1 is 1.33 bits per heavy atom. The normalized spacial score (nSPS) is 49.3. The Labute approximate surface area is 159 Å². The molecule has 2 unspecified atom stereocenters. The predicted octanol–water partition coefficient (Wildman–Crippen LogP) is 2.74. The minimum Gasteiger partial charge on any atom is -0.390 e. The standard InChI is InChI=1S/C22H28FO4/c1-12-8-16-15-5-4-13-9-14(25)6-7-21(13,3)22(15,23)18(27)10-20(16,2)19(12)17(26)11-24/h6-7,9,12,15-16,18,24,27H,4-5,8,10-11H2,1-3H3/t12?,15-,16-,18?,20-,21-,22-/m0/s1. The summed E-state index contributed by atoms with van der Waals surface area (Å²) < 4.78 is 16.8. The summed E-state index contributed by atoms with van der Waals surface area (Å²) in [4.78, 5) is 24.3. The largest absolute Gasteiger partial charge is 0.390 e. The molecule has 1 radical (unpaired) electrons. The molecule has 0 aromatic rings. The second kappa shape index (κ2) is 5.84. The number of alkyl halides is 1. The number of halogens is 1. The number of hydrogen-bond donors (Lipinski definition) is 2. The number of carbonyl (C=O) groups is 2. The molecule has 3 fully saturated rings. The lowest BCUT2D eigenvalue weighted by Gasteiger charge is -2.61. The van der Waals surface area contributed by atoms with E-state index in [2.05, 4.69) is 0 Å². The van der Waals surface area contributed by atoms with Gasteiger partial charge in [0.1, 0.15) is 6.61 Å². The lowest BCUT2D eigenvalue weighted by atomic mass is 9.45. The highest BCUT2D eigenvalue weighted by molar-refractivity contribution is 6.01. The van der Waals surface area contributed by atoms with Crippen LogP contribution in [-0.4, -0.2) is 40.2 Å². The van der Waals surface area contributed by atoms with Crippen molar-refractivity contribution in [3.63, 3.8) is 0 Å². The molecule has 5 heteroatoms. The molecule has 0 bridgehead atoms. The second-order valence-corrected chi connectivity index (χ2v) is 9.40. The third kappa shape index (κ3) is 2.21. The van der Waals surface area contributed by atoms with Gasteiger partial charge in [-0.15, -0.1) is 0 Å². The van der Waals surface area contributed by atoms with Gasteiger partial charge in [-0.2, -0.15) is 0 Å². The first-order valence-electron chi connectivity index (χ1n) is 9.92. The number of Topliss-reactive ketones (excluding diaryl/α,β-unsaturated/α-hetero) is 1. The van der Waals surface area contributed by atoms with Gasteiger partial charge >= 0.3 is 0 Å². The molecular weight excluding hydrogens is 347 g/mol. The fourth-order valence-electron chi connectivity index (χ4n) is 7.04. The fourth-order valence-corrected chi connectivity index (χ4v) is 7.04. The van der Waals surface area contributed by atoms with Crippen molar-refractivity contribution >= 4 is 11.6 Å². The minimum absolute atomic E-state index is 0.0255. The van der Waals surface area contributed by atoms with Gasteiger partial charge in [-0.1, -0.05) is 25.5 Å². The molecule has 4 rings (SSSR count). The Bertz CT molecular complexity index is 757. The van der Waals surface area contributed by atoms with Crippen molar-refractivity contribution in [1.82, 2.24) is 0 Å². The van der Waals surface area contributed by atoms with Crippen LogP contribution in [0.25, 0.3) is 0 Å². The summed E-state index contributed by atoms with van der Waals surface area (Å²) in [6, 6.07) is 0. The number of rotatable bonds is 2. The van der Waals surface area contributed by atoms with Crippen LogP contribution in [0.4, 0.5) is 4.39 Å². The molecule has 0 aromatic carbocycles. The first-order valence-corrected chi connectivity index (χ1v) is 9.92. The SMILES string of the molecule is CC1C[C@H]2[C@@H]3CCC4=CC(=O)C=C[C@]4(C)[C@@]3(F)C(O)C[C@]2(C)[C]1C(=O)CO. The molecule has 0 amide bonds. The Balaban J connectivity index is 1.80. The van der Waals surface area contributed by atoms with Crippen LogP contribution in [0.5, 0.6) is 0 Å². The highest BCUT2D eigenvalue weighted by Gasteiger charge is 2.71. The molecule has 4 nitrogen and oxygen atoms in total. The number of aliphatic hydroxyl groups excluding tert-OH is 2. The summed E-state index contributed by atoms with van der Waals surface area (Å²) in [7, 11) is 0. The molecule has 0 aliphatic heterocycles. The number of carbonyl (C=O) groups excluding carboxylic acids is 2. The zero-order chi connectivity index (χ0) is 19.8. The Morgan fingerprint density at radius 3 is 2.70 bits per heavy atom. The van der Waals surface area contributed by atoms with Gasteiger partial charge in [0.05, 0.1) is 12.0 Å². The molecule has 4 aliphatic carbocycles. The Kier molecular flexibility index (Phi) is 4.11. The molecule has 27 heavy (non-hydrogen) atoms. The van der Waals surface area contributed by atoms with Crippen LogP contribution in [0.2, 0.25) is 0 Å². The lowest BCUT2D eigenvalue weighted by molar-refractivity contribution is -0.187. The van der Waals surface area contributed by atoms with Crippen LogP contribution >= 0.6 is 0 Å². The Morgan fingerprint density at radius 2 is 2.04 bits per heavy atom. The Hall–Kier alpha value is -1.33. The van der Waals surface area contributed by atoms with Crippen LogP contribution in [0.15, 0.2) is 23.8 Å². The molecule has 0 heterocycles. The molecule has 147 valence electrons. The molecule has 3 saturated carbocycles. The molecule has 0 saturated heterocycles. The van der Waals surface area contributed by atoms with Gasteiger partial charge in [-0.3, -0.25) is 9.59 Å². The van der Waals surface area contributed by atoms with E-state index in [1.165, 1.54) is 12.2 Å². The minimum atomic E-state index is -1.87. The molecule has 0 aromatic heterocycles. The third-order valence-corrected chi connectivity index (χ3v) is 8.19. The van der Waals surface area contributed by atoms with Gasteiger partial charge in [0.15, 0.2) is 17.2 Å². The molecule has 4 aliphatic rings. The van der Waals surface area contributed by atoms with Gasteiger partial charge in [0, 0.05) is 11.3 Å². The fraction of sp³-hybridized carbons (Fsp3) is 0.682. The highest BCUT2D eigenvalue weighted by atomic mass is 19.1. The van der Waals surface area contributed by atoms with E-state index in [1.807, 2.05) is 13.8 Å². The van der Waals surface area contributed by atoms with Crippen LogP contribution in [0, 0.1) is 34.5 Å². The zero-order valence-corrected chi connectivity index (χ0v) is 16.2. The van der Waals surface area contributed by atoms with Crippen molar-refractivity contribution in [3.8, 4) is 0 Å². The maximum absolute atomic E-state index is 16.8. The summed E-state index contributed by atoms with van der Waals surface area (Å²) in [5, 5.41) is 20.5. The molecule has 7 atom stereocenters. The van der Waals surface area contributed by atoms with Crippen LogP contribution < -0.4 is 0 Å². The van der Waals surface area contributed by atoms with E-state index in [9.17, 15) is 19.8 Å². The highest BCUT2D eigenvalue weighted by Crippen LogP contribution is 2.70. The average molecular weight is 375 g/mol. The van der Waals surface area contributed by atoms with E-state index >= 15 is 4.39 Å². The van der Waals surface area contributed by atoms with Gasteiger partial charge in [-0.25, -0.2) is 4.39 Å². The van der Waals surface area contributed by atoms with Gasteiger partial charge < -0.3 is 10.2 Å². The van der Waals surface area contributed by atoms with Gasteiger partial charge in [-0.05, 0) is 62.0 Å². The van der Waals surface area contributed by atoms with E-state index in [-0.39, 0.29) is 29.8 Å². The van der Waals surface area contributed by atoms with Crippen LogP contribution in [0.3, 0.4) is 0 Å². The number of ketones is 2. The summed E-state index contributed by atoms with van der Waals surface area (Å²) in [6.45, 7) is 5.18. The monoisotopic (exact) mass is 375 g/mol. The number of allylic oxidation sites excluding steroid dienone is 4. The zero-order valence-electron chi connectivity index (χ0n) is 16.2. The molecule has 2 N–H and O–H groups in total. The van der Waals surface area contributed by atoms with Gasteiger partial charge in [0.25, 0.3) is 0 Å². The van der Waals surface area contributed by atoms with Crippen molar-refractivity contribution in [3.05, 3.63) is 29.7 Å². The summed E-state index contributed by atoms with van der Waals surface area (Å²) >= 11 is 0. The van der Waals surface area contributed by atoms with Crippen LogP contribution in [0.1, 0.15) is 46.5 Å². The summed E-state index contributed by atoms with van der Waals surface area (Å²) in [5.41, 5.74) is -2.70. The van der Waals surface area contributed by atoms with Gasteiger partial charge in [0.2, 0.25) is 0 Å². The van der Waals surface area contributed by atoms with Crippen molar-refractivity contribution in [2.75, 3.05) is 6.61 Å². The first kappa shape index (κ1) is 19.0. The second-order valence-electron chi connectivity index (χ2n) is 9.40. The van der Waals surface area contributed by atoms with E-state index < -0.39 is 35.1 Å². The van der Waals surface area contributed by atoms with Crippen molar-refractivity contribution in [2.45, 2.75) is 58.2 Å². The van der Waals surface area contributed by atoms with E-state index in [0.717, 1.165) is 5.57 Å². The maximum atomic E-state index is 16.8. The van der Waals surface area contributed by atoms with Crippen LogP contribution in [-0.2, 0) is 9.59 Å². The van der Waals surface area contributed by atoms with E-state index in [0.29, 0.717) is 25.2 Å².